The number of halogens is 2. The fourth-order valence-corrected chi connectivity index (χ4v) is 7.31. The van der Waals surface area contributed by atoms with E-state index in [0.717, 1.165) is 21.8 Å². The van der Waals surface area contributed by atoms with Gasteiger partial charge in [-0.1, -0.05) is 110 Å². The molecule has 0 aliphatic carbocycles. The molecule has 0 radical (unpaired) electrons. The summed E-state index contributed by atoms with van der Waals surface area (Å²) >= 11 is 7.57. The van der Waals surface area contributed by atoms with Crippen molar-refractivity contribution < 1.29 is 0 Å². The molecule has 3 aromatic carbocycles. The standard InChI is InChI=1S/C34H42Br2N2/c1-5-9-11-13-25(7-3)37-31-19-23(35)15-17-27(31)29-22-34-30(21-33(29)37)28-18-16-24(36)20-32(28)38(34)26(8-4)14-12-10-6-2/h15-22,25-26H,5-14H2,1-4H3. The SMILES string of the molecule is CCCCCC(CC)n1c2cc(Br)ccc2c2cc3c(cc21)c1ccc(Br)cc1n3C(CC)CCCCC. The number of rotatable bonds is 12. The van der Waals surface area contributed by atoms with Gasteiger partial charge < -0.3 is 9.13 Å². The van der Waals surface area contributed by atoms with E-state index in [1.165, 1.54) is 95.0 Å². The largest absolute Gasteiger partial charge is 0.337 e. The van der Waals surface area contributed by atoms with E-state index in [1.807, 2.05) is 0 Å². The summed E-state index contributed by atoms with van der Waals surface area (Å²) in [7, 11) is 0. The van der Waals surface area contributed by atoms with Crippen molar-refractivity contribution in [2.24, 2.45) is 0 Å². The molecule has 5 aromatic rings. The molecule has 2 aromatic heterocycles. The van der Waals surface area contributed by atoms with E-state index in [2.05, 4.69) is 117 Å². The Morgan fingerprint density at radius 2 is 0.921 bits per heavy atom. The fraction of sp³-hybridized carbons (Fsp3) is 0.471. The molecular formula is C34H42Br2N2. The van der Waals surface area contributed by atoms with Gasteiger partial charge in [-0.15, -0.1) is 0 Å². The lowest BCUT2D eigenvalue weighted by Crippen LogP contribution is -2.08. The predicted molar refractivity (Wildman–Crippen MR) is 175 cm³/mol. The molecule has 4 heteroatoms. The summed E-state index contributed by atoms with van der Waals surface area (Å²) in [6.45, 7) is 9.32. The Hall–Kier alpha value is -1.78. The molecule has 2 atom stereocenters. The Labute approximate surface area is 245 Å². The molecule has 0 saturated heterocycles. The number of unbranched alkanes of at least 4 members (excludes halogenated alkanes) is 4. The van der Waals surface area contributed by atoms with Gasteiger partial charge >= 0.3 is 0 Å². The van der Waals surface area contributed by atoms with Gasteiger partial charge in [0.25, 0.3) is 0 Å². The first-order chi connectivity index (χ1) is 18.5. The average molecular weight is 639 g/mol. The van der Waals surface area contributed by atoms with Crippen molar-refractivity contribution >= 4 is 75.5 Å². The first-order valence-corrected chi connectivity index (χ1v) is 16.5. The van der Waals surface area contributed by atoms with E-state index in [9.17, 15) is 0 Å². The van der Waals surface area contributed by atoms with Gasteiger partial charge in [-0.25, -0.2) is 0 Å². The van der Waals surface area contributed by atoms with Crippen LogP contribution in [0.4, 0.5) is 0 Å². The molecule has 0 fully saturated rings. The van der Waals surface area contributed by atoms with Gasteiger partial charge in [0.2, 0.25) is 0 Å². The lowest BCUT2D eigenvalue weighted by atomic mass is 10.0. The van der Waals surface area contributed by atoms with E-state index in [0.29, 0.717) is 12.1 Å². The topological polar surface area (TPSA) is 9.86 Å². The van der Waals surface area contributed by atoms with Gasteiger partial charge in [0, 0.05) is 42.6 Å². The first kappa shape index (κ1) is 27.8. The molecule has 2 unspecified atom stereocenters. The Balaban J connectivity index is 1.82. The summed E-state index contributed by atoms with van der Waals surface area (Å²) < 4.78 is 7.66. The van der Waals surface area contributed by atoms with Crippen molar-refractivity contribution in [3.8, 4) is 0 Å². The number of aromatic nitrogens is 2. The summed E-state index contributed by atoms with van der Waals surface area (Å²) in [5.74, 6) is 0. The molecule has 2 nitrogen and oxygen atoms in total. The molecule has 0 aliphatic rings. The van der Waals surface area contributed by atoms with Crippen molar-refractivity contribution in [1.29, 1.82) is 0 Å². The lowest BCUT2D eigenvalue weighted by Gasteiger charge is -2.21. The molecule has 2 heterocycles. The van der Waals surface area contributed by atoms with Crippen LogP contribution in [0.3, 0.4) is 0 Å². The van der Waals surface area contributed by atoms with Crippen LogP contribution < -0.4 is 0 Å². The van der Waals surface area contributed by atoms with Crippen LogP contribution >= 0.6 is 31.9 Å². The van der Waals surface area contributed by atoms with E-state index in [-0.39, 0.29) is 0 Å². The summed E-state index contributed by atoms with van der Waals surface area (Å²) in [5, 5.41) is 5.52. The Bertz CT molecular complexity index is 1440. The van der Waals surface area contributed by atoms with Crippen molar-refractivity contribution in [2.45, 2.75) is 104 Å². The van der Waals surface area contributed by atoms with Gasteiger partial charge in [-0.05, 0) is 62.1 Å². The van der Waals surface area contributed by atoms with Crippen molar-refractivity contribution in [1.82, 2.24) is 9.13 Å². The molecule has 0 bridgehead atoms. The highest BCUT2D eigenvalue weighted by Gasteiger charge is 2.22. The zero-order valence-electron chi connectivity index (χ0n) is 23.5. The van der Waals surface area contributed by atoms with Crippen LogP contribution in [0.25, 0.3) is 43.6 Å². The van der Waals surface area contributed by atoms with Gasteiger partial charge in [-0.2, -0.15) is 0 Å². The Morgan fingerprint density at radius 1 is 0.526 bits per heavy atom. The second-order valence-electron chi connectivity index (χ2n) is 11.1. The van der Waals surface area contributed by atoms with Gasteiger partial charge in [0.15, 0.2) is 0 Å². The monoisotopic (exact) mass is 636 g/mol. The highest BCUT2D eigenvalue weighted by Crippen LogP contribution is 2.42. The van der Waals surface area contributed by atoms with Crippen LogP contribution in [-0.2, 0) is 0 Å². The second kappa shape index (κ2) is 12.2. The van der Waals surface area contributed by atoms with Gasteiger partial charge in [0.05, 0.1) is 22.1 Å². The maximum absolute atomic E-state index is 3.78. The molecule has 0 saturated carbocycles. The number of benzene rings is 3. The van der Waals surface area contributed by atoms with Crippen LogP contribution in [0.15, 0.2) is 57.5 Å². The molecule has 38 heavy (non-hydrogen) atoms. The summed E-state index contributed by atoms with van der Waals surface area (Å²) in [4.78, 5) is 0. The lowest BCUT2D eigenvalue weighted by molar-refractivity contribution is 0.450. The molecular weight excluding hydrogens is 596 g/mol. The summed E-state index contributed by atoms with van der Waals surface area (Å²) in [6, 6.07) is 19.8. The van der Waals surface area contributed by atoms with Crippen LogP contribution in [0.2, 0.25) is 0 Å². The maximum atomic E-state index is 3.78. The van der Waals surface area contributed by atoms with Gasteiger partial charge in [-0.3, -0.25) is 0 Å². The minimum Gasteiger partial charge on any atom is -0.337 e. The van der Waals surface area contributed by atoms with Crippen LogP contribution in [0.5, 0.6) is 0 Å². The highest BCUT2D eigenvalue weighted by atomic mass is 79.9. The maximum Gasteiger partial charge on any atom is 0.0505 e. The zero-order chi connectivity index (χ0) is 26.8. The van der Waals surface area contributed by atoms with Crippen molar-refractivity contribution in [3.63, 3.8) is 0 Å². The van der Waals surface area contributed by atoms with E-state index in [1.54, 1.807) is 0 Å². The number of fused-ring (bicyclic) bond motifs is 6. The Kier molecular flexibility index (Phi) is 8.89. The quantitative estimate of drug-likeness (QED) is 0.120. The Morgan fingerprint density at radius 3 is 1.29 bits per heavy atom. The first-order valence-electron chi connectivity index (χ1n) is 14.9. The summed E-state index contributed by atoms with van der Waals surface area (Å²) in [5.41, 5.74) is 5.49. The average Bonchev–Trinajstić information content (AvgIpc) is 3.39. The zero-order valence-corrected chi connectivity index (χ0v) is 26.7. The molecule has 0 aliphatic heterocycles. The molecule has 0 amide bonds. The third kappa shape index (κ3) is 5.08. The van der Waals surface area contributed by atoms with E-state index in [4.69, 9.17) is 0 Å². The predicted octanol–water partition coefficient (Wildman–Crippen LogP) is 12.5. The van der Waals surface area contributed by atoms with Gasteiger partial charge in [0.1, 0.15) is 0 Å². The van der Waals surface area contributed by atoms with E-state index >= 15 is 0 Å². The van der Waals surface area contributed by atoms with E-state index < -0.39 is 0 Å². The molecule has 0 N–H and O–H groups in total. The van der Waals surface area contributed by atoms with Crippen LogP contribution in [0, 0.1) is 0 Å². The number of nitrogens with zero attached hydrogens (tertiary/aromatic N) is 2. The highest BCUT2D eigenvalue weighted by molar-refractivity contribution is 9.10. The van der Waals surface area contributed by atoms with Crippen molar-refractivity contribution in [2.75, 3.05) is 0 Å². The third-order valence-corrected chi connectivity index (χ3v) is 9.59. The fourth-order valence-electron chi connectivity index (χ4n) is 6.61. The minimum atomic E-state index is 0.508. The van der Waals surface area contributed by atoms with Crippen LogP contribution in [-0.4, -0.2) is 9.13 Å². The smallest absolute Gasteiger partial charge is 0.0505 e. The molecule has 202 valence electrons. The van der Waals surface area contributed by atoms with Crippen LogP contribution in [0.1, 0.15) is 104 Å². The number of hydrogen-bond acceptors (Lipinski definition) is 0. The summed E-state index contributed by atoms with van der Waals surface area (Å²) in [6.07, 6.45) is 12.5. The minimum absolute atomic E-state index is 0.508. The molecule has 0 spiro atoms. The van der Waals surface area contributed by atoms with Crippen molar-refractivity contribution in [3.05, 3.63) is 57.5 Å². The number of hydrogen-bond donors (Lipinski definition) is 0. The normalized spacial score (nSPS) is 13.8. The second-order valence-corrected chi connectivity index (χ2v) is 12.9. The third-order valence-electron chi connectivity index (χ3n) is 8.61. The molecule has 5 rings (SSSR count).